The molecule has 0 radical (unpaired) electrons. The van der Waals surface area contributed by atoms with E-state index in [1.165, 1.54) is 24.9 Å². The first-order valence-electron chi connectivity index (χ1n) is 11.5. The van der Waals surface area contributed by atoms with Gasteiger partial charge in [-0.15, -0.1) is 0 Å². The van der Waals surface area contributed by atoms with Crippen molar-refractivity contribution in [2.24, 2.45) is 0 Å². The van der Waals surface area contributed by atoms with Crippen LogP contribution in [-0.2, 0) is 4.79 Å². The molecule has 1 saturated heterocycles. The molecule has 164 valence electrons. The number of nitrogens with one attached hydrogen (secondary N) is 1. The zero-order chi connectivity index (χ0) is 21.5. The standard InChI is InChI=1S/C26H32ClN3O/c27-24(20-21-10-4-1-5-11-21)25(26(31)28-22-12-6-2-7-13-22)30-18-16-29(17-19-30)23-14-8-3-9-15-23/h1,3-5,8-11,14-15,20,22,25H,2,6-7,12-13,16-19H2,(H,28,31)/b24-20-. The largest absolute Gasteiger partial charge is 0.369 e. The molecule has 5 heteroatoms. The van der Waals surface area contributed by atoms with Crippen LogP contribution in [0.3, 0.4) is 0 Å². The van der Waals surface area contributed by atoms with E-state index in [4.69, 9.17) is 11.6 Å². The van der Waals surface area contributed by atoms with Crippen molar-refractivity contribution >= 4 is 29.3 Å². The Morgan fingerprint density at radius 3 is 2.16 bits per heavy atom. The van der Waals surface area contributed by atoms with E-state index < -0.39 is 6.04 Å². The summed E-state index contributed by atoms with van der Waals surface area (Å²) in [5, 5.41) is 3.90. The van der Waals surface area contributed by atoms with Gasteiger partial charge in [0.05, 0.1) is 0 Å². The second-order valence-corrected chi connectivity index (χ2v) is 8.98. The maximum Gasteiger partial charge on any atom is 0.243 e. The highest BCUT2D eigenvalue weighted by atomic mass is 35.5. The van der Waals surface area contributed by atoms with Gasteiger partial charge in [0.1, 0.15) is 6.04 Å². The molecule has 1 amide bonds. The predicted octanol–water partition coefficient (Wildman–Crippen LogP) is 4.91. The Kier molecular flexibility index (Phi) is 7.66. The molecule has 2 aromatic carbocycles. The number of amides is 1. The number of para-hydroxylation sites is 1. The molecule has 0 spiro atoms. The van der Waals surface area contributed by atoms with Crippen molar-refractivity contribution in [1.82, 2.24) is 10.2 Å². The van der Waals surface area contributed by atoms with Crippen LogP contribution in [0.1, 0.15) is 37.7 Å². The average Bonchev–Trinajstić information content (AvgIpc) is 2.81. The summed E-state index contributed by atoms with van der Waals surface area (Å²) in [5.74, 6) is 0.0391. The number of rotatable bonds is 6. The zero-order valence-corrected chi connectivity index (χ0v) is 18.8. The van der Waals surface area contributed by atoms with Gasteiger partial charge in [-0.3, -0.25) is 9.69 Å². The minimum atomic E-state index is -0.443. The van der Waals surface area contributed by atoms with Crippen LogP contribution in [0.5, 0.6) is 0 Å². The van der Waals surface area contributed by atoms with E-state index in [-0.39, 0.29) is 11.9 Å². The number of halogens is 1. The highest BCUT2D eigenvalue weighted by Crippen LogP contribution is 2.24. The second kappa shape index (κ2) is 10.8. The summed E-state index contributed by atoms with van der Waals surface area (Å²) in [6.45, 7) is 3.37. The summed E-state index contributed by atoms with van der Waals surface area (Å²) in [6, 6.07) is 20.3. The SMILES string of the molecule is O=C(NC1CCCCC1)C(/C(Cl)=C/c1ccccc1)N1CCN(c2ccccc2)CC1. The fourth-order valence-electron chi connectivity index (χ4n) is 4.66. The van der Waals surface area contributed by atoms with Crippen LogP contribution in [0.4, 0.5) is 5.69 Å². The van der Waals surface area contributed by atoms with Crippen molar-refractivity contribution in [1.29, 1.82) is 0 Å². The topological polar surface area (TPSA) is 35.6 Å². The van der Waals surface area contributed by atoms with Crippen molar-refractivity contribution in [2.75, 3.05) is 31.1 Å². The number of benzene rings is 2. The fraction of sp³-hybridized carbons (Fsp3) is 0.423. The maximum absolute atomic E-state index is 13.4. The maximum atomic E-state index is 13.4. The minimum absolute atomic E-state index is 0.0391. The zero-order valence-electron chi connectivity index (χ0n) is 18.1. The van der Waals surface area contributed by atoms with Crippen LogP contribution in [-0.4, -0.2) is 49.1 Å². The number of piperazine rings is 1. The van der Waals surface area contributed by atoms with E-state index in [9.17, 15) is 4.79 Å². The molecule has 4 nitrogen and oxygen atoms in total. The molecule has 2 aromatic rings. The number of anilines is 1. The number of carbonyl (C=O) groups excluding carboxylic acids is 1. The highest BCUT2D eigenvalue weighted by molar-refractivity contribution is 6.34. The van der Waals surface area contributed by atoms with Crippen LogP contribution in [0.2, 0.25) is 0 Å². The molecule has 0 bridgehead atoms. The quantitative estimate of drug-likeness (QED) is 0.697. The third kappa shape index (κ3) is 5.90. The Balaban J connectivity index is 1.49. The first kappa shape index (κ1) is 21.9. The van der Waals surface area contributed by atoms with E-state index in [1.54, 1.807) is 0 Å². The summed E-state index contributed by atoms with van der Waals surface area (Å²) in [5.41, 5.74) is 2.25. The summed E-state index contributed by atoms with van der Waals surface area (Å²) in [6.07, 6.45) is 7.74. The molecule has 1 saturated carbocycles. The molecule has 1 N–H and O–H groups in total. The fourth-order valence-corrected chi connectivity index (χ4v) is 5.02. The summed E-state index contributed by atoms with van der Waals surface area (Å²) in [7, 11) is 0. The van der Waals surface area contributed by atoms with Gasteiger partial charge < -0.3 is 10.2 Å². The molecule has 0 aromatic heterocycles. The number of hydrogen-bond donors (Lipinski definition) is 1. The van der Waals surface area contributed by atoms with Crippen molar-refractivity contribution in [3.63, 3.8) is 0 Å². The molecule has 4 rings (SSSR count). The molecule has 1 heterocycles. The highest BCUT2D eigenvalue weighted by Gasteiger charge is 2.33. The lowest BCUT2D eigenvalue weighted by molar-refractivity contribution is -0.126. The molecular formula is C26H32ClN3O. The third-order valence-electron chi connectivity index (χ3n) is 6.37. The van der Waals surface area contributed by atoms with Crippen LogP contribution in [0.15, 0.2) is 65.7 Å². The van der Waals surface area contributed by atoms with Gasteiger partial charge in [0.25, 0.3) is 0 Å². The Hall–Kier alpha value is -2.30. The molecule has 31 heavy (non-hydrogen) atoms. The van der Waals surface area contributed by atoms with Crippen LogP contribution < -0.4 is 10.2 Å². The summed E-state index contributed by atoms with van der Waals surface area (Å²) >= 11 is 6.83. The Morgan fingerprint density at radius 2 is 1.52 bits per heavy atom. The third-order valence-corrected chi connectivity index (χ3v) is 6.68. The Morgan fingerprint density at radius 1 is 0.903 bits per heavy atom. The van der Waals surface area contributed by atoms with Crippen molar-refractivity contribution in [3.8, 4) is 0 Å². The monoisotopic (exact) mass is 437 g/mol. The average molecular weight is 438 g/mol. The van der Waals surface area contributed by atoms with Gasteiger partial charge in [-0.1, -0.05) is 79.4 Å². The van der Waals surface area contributed by atoms with E-state index in [2.05, 4.69) is 39.4 Å². The van der Waals surface area contributed by atoms with Gasteiger partial charge in [0.2, 0.25) is 5.91 Å². The second-order valence-electron chi connectivity index (χ2n) is 8.54. The molecule has 2 aliphatic rings. The first-order valence-corrected chi connectivity index (χ1v) is 11.8. The Bertz CT molecular complexity index is 857. The van der Waals surface area contributed by atoms with Crippen LogP contribution >= 0.6 is 11.6 Å². The van der Waals surface area contributed by atoms with Crippen molar-refractivity contribution in [3.05, 3.63) is 71.3 Å². The van der Waals surface area contributed by atoms with E-state index >= 15 is 0 Å². The number of hydrogen-bond acceptors (Lipinski definition) is 3. The first-order chi connectivity index (χ1) is 15.2. The summed E-state index contributed by atoms with van der Waals surface area (Å²) in [4.78, 5) is 18.0. The van der Waals surface area contributed by atoms with Gasteiger partial charge in [-0.05, 0) is 36.6 Å². The molecule has 1 aliphatic carbocycles. The predicted molar refractivity (Wildman–Crippen MR) is 129 cm³/mol. The number of carbonyl (C=O) groups is 1. The molecular weight excluding hydrogens is 406 g/mol. The lowest BCUT2D eigenvalue weighted by Gasteiger charge is -2.40. The minimum Gasteiger partial charge on any atom is -0.369 e. The van der Waals surface area contributed by atoms with E-state index in [1.807, 2.05) is 42.5 Å². The van der Waals surface area contributed by atoms with Crippen LogP contribution in [0, 0.1) is 0 Å². The van der Waals surface area contributed by atoms with E-state index in [0.717, 1.165) is 44.6 Å². The lowest BCUT2D eigenvalue weighted by atomic mass is 9.95. The molecule has 1 atom stereocenters. The van der Waals surface area contributed by atoms with Crippen molar-refractivity contribution in [2.45, 2.75) is 44.2 Å². The summed E-state index contributed by atoms with van der Waals surface area (Å²) < 4.78 is 0. The van der Waals surface area contributed by atoms with Crippen LogP contribution in [0.25, 0.3) is 6.08 Å². The van der Waals surface area contributed by atoms with Gasteiger partial charge >= 0.3 is 0 Å². The number of nitrogens with zero attached hydrogens (tertiary/aromatic N) is 2. The van der Waals surface area contributed by atoms with Gasteiger partial charge in [0, 0.05) is 42.9 Å². The molecule has 1 aliphatic heterocycles. The van der Waals surface area contributed by atoms with Gasteiger partial charge in [0.15, 0.2) is 0 Å². The van der Waals surface area contributed by atoms with Crippen molar-refractivity contribution < 1.29 is 4.79 Å². The molecule has 2 fully saturated rings. The smallest absolute Gasteiger partial charge is 0.243 e. The van der Waals surface area contributed by atoms with Gasteiger partial charge in [-0.25, -0.2) is 0 Å². The Labute approximate surface area is 190 Å². The lowest BCUT2D eigenvalue weighted by Crippen LogP contribution is -2.56. The van der Waals surface area contributed by atoms with E-state index in [0.29, 0.717) is 5.03 Å². The van der Waals surface area contributed by atoms with Gasteiger partial charge in [-0.2, -0.15) is 0 Å². The normalized spacial score (nSPS) is 19.8. The molecule has 1 unspecified atom stereocenters.